The summed E-state index contributed by atoms with van der Waals surface area (Å²) in [7, 11) is 0. The van der Waals surface area contributed by atoms with Crippen LogP contribution in [0.5, 0.6) is 0 Å². The van der Waals surface area contributed by atoms with E-state index in [9.17, 15) is 4.79 Å². The SMILES string of the molecule is CC(C)c1nnc2n(-c3ccc(Cl)cc3)c(=O)c3c4c(sc3n12)CCCC4. The van der Waals surface area contributed by atoms with E-state index in [4.69, 9.17) is 11.6 Å². The standard InChI is InChI=1S/C20H19ClN4OS/c1-11(2)17-22-23-20-24(13-9-7-12(21)8-10-13)18(26)16-14-5-3-4-6-15(14)27-19(16)25(17)20/h7-11H,3-6H2,1-2H3. The Bertz CT molecular complexity index is 1230. The maximum absolute atomic E-state index is 13.6. The van der Waals surface area contributed by atoms with Crippen LogP contribution in [0.4, 0.5) is 0 Å². The predicted molar refractivity (Wildman–Crippen MR) is 110 cm³/mol. The number of hydrogen-bond acceptors (Lipinski definition) is 4. The van der Waals surface area contributed by atoms with E-state index >= 15 is 0 Å². The summed E-state index contributed by atoms with van der Waals surface area (Å²) in [6.45, 7) is 4.21. The van der Waals surface area contributed by atoms with Gasteiger partial charge in [0.05, 0.1) is 11.1 Å². The molecule has 7 heteroatoms. The van der Waals surface area contributed by atoms with Gasteiger partial charge in [-0.15, -0.1) is 21.5 Å². The molecule has 0 radical (unpaired) electrons. The molecule has 4 aromatic rings. The molecule has 3 aromatic heterocycles. The maximum atomic E-state index is 13.6. The molecule has 0 saturated carbocycles. The second-order valence-electron chi connectivity index (χ2n) is 7.36. The molecule has 3 heterocycles. The van der Waals surface area contributed by atoms with Crippen molar-refractivity contribution < 1.29 is 0 Å². The molecule has 138 valence electrons. The zero-order chi connectivity index (χ0) is 18.7. The molecule has 1 aliphatic rings. The number of nitrogens with zero attached hydrogens (tertiary/aromatic N) is 4. The van der Waals surface area contributed by atoms with Gasteiger partial charge in [-0.05, 0) is 55.5 Å². The van der Waals surface area contributed by atoms with E-state index in [1.54, 1.807) is 28.0 Å². The van der Waals surface area contributed by atoms with Gasteiger partial charge in [0.25, 0.3) is 5.56 Å². The molecule has 1 aliphatic carbocycles. The molecule has 5 rings (SSSR count). The average molecular weight is 399 g/mol. The van der Waals surface area contributed by atoms with Crippen LogP contribution in [0.3, 0.4) is 0 Å². The van der Waals surface area contributed by atoms with Crippen molar-refractivity contribution in [3.05, 3.63) is 55.9 Å². The summed E-state index contributed by atoms with van der Waals surface area (Å²) in [6.07, 6.45) is 4.34. The number of halogens is 1. The van der Waals surface area contributed by atoms with Crippen molar-refractivity contribution >= 4 is 38.9 Å². The average Bonchev–Trinajstić information content (AvgIpc) is 3.25. The summed E-state index contributed by atoms with van der Waals surface area (Å²) in [5.41, 5.74) is 1.97. The summed E-state index contributed by atoms with van der Waals surface area (Å²) in [4.78, 5) is 15.9. The van der Waals surface area contributed by atoms with Gasteiger partial charge < -0.3 is 0 Å². The smallest absolute Gasteiger partial charge is 0.268 e. The highest BCUT2D eigenvalue weighted by molar-refractivity contribution is 7.18. The zero-order valence-electron chi connectivity index (χ0n) is 15.2. The van der Waals surface area contributed by atoms with Crippen molar-refractivity contribution in [2.45, 2.75) is 45.4 Å². The van der Waals surface area contributed by atoms with Crippen molar-refractivity contribution in [2.75, 3.05) is 0 Å². The van der Waals surface area contributed by atoms with Crippen LogP contribution in [-0.4, -0.2) is 19.2 Å². The fourth-order valence-corrected chi connectivity index (χ4v) is 5.47. The van der Waals surface area contributed by atoms with Crippen LogP contribution >= 0.6 is 22.9 Å². The lowest BCUT2D eigenvalue weighted by molar-refractivity contribution is 0.699. The predicted octanol–water partition coefficient (Wildman–Crippen LogP) is 4.75. The first-order valence-corrected chi connectivity index (χ1v) is 10.5. The molecule has 0 N–H and O–H groups in total. The molecular weight excluding hydrogens is 380 g/mol. The van der Waals surface area contributed by atoms with E-state index in [0.29, 0.717) is 10.8 Å². The first kappa shape index (κ1) is 17.0. The third kappa shape index (κ3) is 2.47. The van der Waals surface area contributed by atoms with Gasteiger partial charge in [-0.1, -0.05) is 25.4 Å². The quantitative estimate of drug-likeness (QED) is 0.489. The molecular formula is C20H19ClN4OS. The Balaban J connectivity index is 1.98. The zero-order valence-corrected chi connectivity index (χ0v) is 16.8. The molecule has 0 saturated heterocycles. The lowest BCUT2D eigenvalue weighted by atomic mass is 9.97. The highest BCUT2D eigenvalue weighted by atomic mass is 35.5. The van der Waals surface area contributed by atoms with Gasteiger partial charge in [-0.2, -0.15) is 0 Å². The van der Waals surface area contributed by atoms with Gasteiger partial charge in [0.2, 0.25) is 5.78 Å². The molecule has 27 heavy (non-hydrogen) atoms. The molecule has 0 fully saturated rings. The van der Waals surface area contributed by atoms with Crippen LogP contribution in [0.25, 0.3) is 21.7 Å². The van der Waals surface area contributed by atoms with E-state index in [0.717, 1.165) is 41.0 Å². The Labute approximate surface area is 165 Å². The van der Waals surface area contributed by atoms with E-state index < -0.39 is 0 Å². The van der Waals surface area contributed by atoms with Crippen LogP contribution in [0, 0.1) is 0 Å². The Hall–Kier alpha value is -2.18. The van der Waals surface area contributed by atoms with Crippen molar-refractivity contribution in [3.63, 3.8) is 0 Å². The van der Waals surface area contributed by atoms with Gasteiger partial charge in [0.15, 0.2) is 0 Å². The molecule has 0 spiro atoms. The van der Waals surface area contributed by atoms with Crippen LogP contribution in [0.1, 0.15) is 48.9 Å². The largest absolute Gasteiger partial charge is 0.268 e. The minimum atomic E-state index is -0.0121. The van der Waals surface area contributed by atoms with Crippen LogP contribution in [0.15, 0.2) is 29.1 Å². The minimum absolute atomic E-state index is 0.0121. The van der Waals surface area contributed by atoms with Crippen LogP contribution in [0.2, 0.25) is 5.02 Å². The number of thiophene rings is 1. The Morgan fingerprint density at radius 2 is 1.85 bits per heavy atom. The lowest BCUT2D eigenvalue weighted by Crippen LogP contribution is -2.22. The third-order valence-corrected chi connectivity index (χ3v) is 6.77. The number of benzene rings is 1. The highest BCUT2D eigenvalue weighted by Crippen LogP contribution is 2.36. The van der Waals surface area contributed by atoms with E-state index in [-0.39, 0.29) is 11.5 Å². The first-order chi connectivity index (χ1) is 13.1. The summed E-state index contributed by atoms with van der Waals surface area (Å²) < 4.78 is 3.76. The fraction of sp³-hybridized carbons (Fsp3) is 0.350. The van der Waals surface area contributed by atoms with Gasteiger partial charge in [-0.3, -0.25) is 9.20 Å². The number of aryl methyl sites for hydroxylation is 2. The van der Waals surface area contributed by atoms with Crippen LogP contribution in [-0.2, 0) is 12.8 Å². The van der Waals surface area contributed by atoms with Crippen molar-refractivity contribution in [1.82, 2.24) is 19.2 Å². The maximum Gasteiger partial charge on any atom is 0.268 e. The molecule has 0 unspecified atom stereocenters. The van der Waals surface area contributed by atoms with Gasteiger partial charge in [-0.25, -0.2) is 4.57 Å². The van der Waals surface area contributed by atoms with E-state index in [1.165, 1.54) is 16.9 Å². The van der Waals surface area contributed by atoms with Gasteiger partial charge in [0.1, 0.15) is 10.7 Å². The minimum Gasteiger partial charge on any atom is -0.268 e. The number of hydrogen-bond donors (Lipinski definition) is 0. The van der Waals surface area contributed by atoms with Gasteiger partial charge in [0, 0.05) is 15.8 Å². The normalized spacial score (nSPS) is 14.4. The Kier molecular flexibility index (Phi) is 3.88. The molecule has 5 nitrogen and oxygen atoms in total. The summed E-state index contributed by atoms with van der Waals surface area (Å²) in [6, 6.07) is 7.32. The Morgan fingerprint density at radius 1 is 1.11 bits per heavy atom. The van der Waals surface area contributed by atoms with E-state index in [2.05, 4.69) is 28.4 Å². The monoisotopic (exact) mass is 398 g/mol. The van der Waals surface area contributed by atoms with Gasteiger partial charge >= 0.3 is 0 Å². The summed E-state index contributed by atoms with van der Waals surface area (Å²) in [5.74, 6) is 1.66. The molecule has 1 aromatic carbocycles. The molecule has 0 atom stereocenters. The lowest BCUT2D eigenvalue weighted by Gasteiger charge is -2.12. The van der Waals surface area contributed by atoms with Crippen molar-refractivity contribution in [1.29, 1.82) is 0 Å². The molecule has 0 amide bonds. The van der Waals surface area contributed by atoms with Crippen molar-refractivity contribution in [3.8, 4) is 5.69 Å². The number of aromatic nitrogens is 4. The van der Waals surface area contributed by atoms with E-state index in [1.807, 2.05) is 12.1 Å². The number of fused-ring (bicyclic) bond motifs is 5. The Morgan fingerprint density at radius 3 is 2.59 bits per heavy atom. The second kappa shape index (κ2) is 6.17. The summed E-state index contributed by atoms with van der Waals surface area (Å²) in [5, 5.41) is 10.3. The third-order valence-electron chi connectivity index (χ3n) is 5.24. The number of rotatable bonds is 2. The topological polar surface area (TPSA) is 52.2 Å². The highest BCUT2D eigenvalue weighted by Gasteiger charge is 2.25. The van der Waals surface area contributed by atoms with Crippen LogP contribution < -0.4 is 5.56 Å². The first-order valence-electron chi connectivity index (χ1n) is 9.26. The molecule has 0 bridgehead atoms. The summed E-state index contributed by atoms with van der Waals surface area (Å²) >= 11 is 7.79. The second-order valence-corrected chi connectivity index (χ2v) is 8.88. The van der Waals surface area contributed by atoms with Crippen molar-refractivity contribution in [2.24, 2.45) is 0 Å². The fourth-order valence-electron chi connectivity index (χ4n) is 3.96. The molecule has 0 aliphatic heterocycles.